The van der Waals surface area contributed by atoms with Crippen LogP contribution in [0.15, 0.2) is 65.6 Å². The van der Waals surface area contributed by atoms with E-state index in [9.17, 15) is 23.2 Å². The lowest BCUT2D eigenvalue weighted by Gasteiger charge is -2.13. The second-order valence-corrected chi connectivity index (χ2v) is 7.70. The summed E-state index contributed by atoms with van der Waals surface area (Å²) in [6.45, 7) is 3.32. The number of hydrogen-bond donors (Lipinski definition) is 1. The van der Waals surface area contributed by atoms with Crippen molar-refractivity contribution in [1.82, 2.24) is 9.55 Å². The summed E-state index contributed by atoms with van der Waals surface area (Å²) in [7, 11) is 0. The minimum absolute atomic E-state index is 0.0735. The van der Waals surface area contributed by atoms with Gasteiger partial charge >= 0.3 is 0 Å². The van der Waals surface area contributed by atoms with E-state index in [2.05, 4.69) is 10.3 Å². The third kappa shape index (κ3) is 4.55. The highest BCUT2D eigenvalue weighted by molar-refractivity contribution is 6.10. The standard InChI is InChI=1S/C25H19F2N3O3/c1-14-3-6-16(7-4-14)23(32)19-12-30(25-18(24(19)33)9-5-15(2)28-25)13-22(31)29-17-8-10-20(26)21(27)11-17/h3-12H,13H2,1-2H3,(H,29,31). The number of halogens is 2. The Bertz CT molecular complexity index is 1460. The number of hydrogen-bond acceptors (Lipinski definition) is 4. The normalized spacial score (nSPS) is 10.9. The van der Waals surface area contributed by atoms with E-state index in [4.69, 9.17) is 0 Å². The maximum Gasteiger partial charge on any atom is 0.244 e. The molecule has 0 bridgehead atoms. The molecule has 33 heavy (non-hydrogen) atoms. The van der Waals surface area contributed by atoms with Crippen molar-refractivity contribution in [2.75, 3.05) is 5.32 Å². The first-order chi connectivity index (χ1) is 15.7. The average molecular weight is 447 g/mol. The predicted molar refractivity (Wildman–Crippen MR) is 120 cm³/mol. The Kier molecular flexibility index (Phi) is 5.83. The van der Waals surface area contributed by atoms with Gasteiger partial charge in [0.2, 0.25) is 11.3 Å². The van der Waals surface area contributed by atoms with Crippen molar-refractivity contribution in [3.63, 3.8) is 0 Å². The van der Waals surface area contributed by atoms with Crippen LogP contribution in [0.4, 0.5) is 14.5 Å². The van der Waals surface area contributed by atoms with Crippen molar-refractivity contribution in [3.8, 4) is 0 Å². The van der Waals surface area contributed by atoms with Crippen molar-refractivity contribution >= 4 is 28.4 Å². The van der Waals surface area contributed by atoms with E-state index in [1.54, 1.807) is 43.3 Å². The summed E-state index contributed by atoms with van der Waals surface area (Å²) in [5, 5.41) is 2.68. The lowest BCUT2D eigenvalue weighted by atomic mass is 10.0. The molecule has 1 N–H and O–H groups in total. The first-order valence-electron chi connectivity index (χ1n) is 10.1. The van der Waals surface area contributed by atoms with Crippen molar-refractivity contribution in [2.24, 2.45) is 0 Å². The summed E-state index contributed by atoms with van der Waals surface area (Å²) in [4.78, 5) is 43.2. The Morgan fingerprint density at radius 1 is 0.970 bits per heavy atom. The number of aromatic nitrogens is 2. The molecular weight excluding hydrogens is 428 g/mol. The van der Waals surface area contributed by atoms with Crippen molar-refractivity contribution in [3.05, 3.63) is 105 Å². The van der Waals surface area contributed by atoms with Crippen LogP contribution in [0.5, 0.6) is 0 Å². The highest BCUT2D eigenvalue weighted by Gasteiger charge is 2.19. The van der Waals surface area contributed by atoms with Crippen LogP contribution in [0.1, 0.15) is 27.2 Å². The number of nitrogens with zero attached hydrogens (tertiary/aromatic N) is 2. The smallest absolute Gasteiger partial charge is 0.244 e. The maximum absolute atomic E-state index is 13.5. The molecule has 0 saturated heterocycles. The molecule has 0 saturated carbocycles. The number of fused-ring (bicyclic) bond motifs is 1. The summed E-state index contributed by atoms with van der Waals surface area (Å²) >= 11 is 0. The third-order valence-electron chi connectivity index (χ3n) is 5.14. The molecular formula is C25H19F2N3O3. The van der Waals surface area contributed by atoms with Crippen molar-refractivity contribution < 1.29 is 18.4 Å². The van der Waals surface area contributed by atoms with Gasteiger partial charge in [-0.1, -0.05) is 29.8 Å². The third-order valence-corrected chi connectivity index (χ3v) is 5.14. The fourth-order valence-electron chi connectivity index (χ4n) is 3.43. The van der Waals surface area contributed by atoms with E-state index < -0.39 is 28.8 Å². The number of pyridine rings is 2. The van der Waals surface area contributed by atoms with E-state index in [0.29, 0.717) is 11.3 Å². The van der Waals surface area contributed by atoms with E-state index in [1.165, 1.54) is 16.8 Å². The number of aryl methyl sites for hydroxylation is 2. The number of carbonyl (C=O) groups excluding carboxylic acids is 2. The zero-order valence-electron chi connectivity index (χ0n) is 17.9. The van der Waals surface area contributed by atoms with Gasteiger partial charge in [-0.25, -0.2) is 13.8 Å². The molecule has 2 aromatic heterocycles. The Balaban J connectivity index is 1.75. The first-order valence-corrected chi connectivity index (χ1v) is 10.1. The van der Waals surface area contributed by atoms with E-state index in [-0.39, 0.29) is 28.8 Å². The quantitative estimate of drug-likeness (QED) is 0.466. The molecule has 0 spiro atoms. The Hall–Kier alpha value is -4.20. The van der Waals surface area contributed by atoms with Gasteiger partial charge in [-0.2, -0.15) is 0 Å². The van der Waals surface area contributed by atoms with Crippen LogP contribution < -0.4 is 10.7 Å². The van der Waals surface area contributed by atoms with Crippen molar-refractivity contribution in [2.45, 2.75) is 20.4 Å². The Labute approximate surface area is 187 Å². The first kappa shape index (κ1) is 22.0. The molecule has 0 aliphatic carbocycles. The SMILES string of the molecule is Cc1ccc(C(=O)c2cn(CC(=O)Nc3ccc(F)c(F)c3)c3nc(C)ccc3c2=O)cc1. The molecule has 0 atom stereocenters. The van der Waals surface area contributed by atoms with Gasteiger partial charge in [-0.05, 0) is 38.1 Å². The summed E-state index contributed by atoms with van der Waals surface area (Å²) in [5.41, 5.74) is 1.66. The predicted octanol–water partition coefficient (Wildman–Crippen LogP) is 4.16. The van der Waals surface area contributed by atoms with Gasteiger partial charge in [0, 0.05) is 29.2 Å². The second kappa shape index (κ2) is 8.74. The topological polar surface area (TPSA) is 81.1 Å². The van der Waals surface area contributed by atoms with Crippen LogP contribution in [-0.2, 0) is 11.3 Å². The van der Waals surface area contributed by atoms with Gasteiger partial charge in [0.05, 0.1) is 10.9 Å². The fraction of sp³-hybridized carbons (Fsp3) is 0.120. The molecule has 4 aromatic rings. The molecule has 1 amide bonds. The van der Waals surface area contributed by atoms with Crippen LogP contribution in [0.25, 0.3) is 11.0 Å². The molecule has 2 aromatic carbocycles. The van der Waals surface area contributed by atoms with Crippen molar-refractivity contribution in [1.29, 1.82) is 0 Å². The number of carbonyl (C=O) groups is 2. The minimum Gasteiger partial charge on any atom is -0.324 e. The van der Waals surface area contributed by atoms with Crippen LogP contribution in [0.2, 0.25) is 0 Å². The van der Waals surface area contributed by atoms with Crippen LogP contribution in [0, 0.1) is 25.5 Å². The molecule has 6 nitrogen and oxygen atoms in total. The van der Waals surface area contributed by atoms with E-state index in [1.807, 2.05) is 6.92 Å². The largest absolute Gasteiger partial charge is 0.324 e. The highest BCUT2D eigenvalue weighted by Crippen LogP contribution is 2.16. The zero-order valence-corrected chi connectivity index (χ0v) is 17.9. The van der Waals surface area contributed by atoms with Gasteiger partial charge < -0.3 is 9.88 Å². The van der Waals surface area contributed by atoms with Crippen LogP contribution in [0.3, 0.4) is 0 Å². The molecule has 2 heterocycles. The van der Waals surface area contributed by atoms with Gasteiger partial charge in [-0.15, -0.1) is 0 Å². The zero-order chi connectivity index (χ0) is 23.7. The second-order valence-electron chi connectivity index (χ2n) is 7.70. The molecule has 0 aliphatic rings. The highest BCUT2D eigenvalue weighted by atomic mass is 19.2. The number of amides is 1. The summed E-state index contributed by atoms with van der Waals surface area (Å²) < 4.78 is 28.0. The number of benzene rings is 2. The molecule has 0 unspecified atom stereocenters. The van der Waals surface area contributed by atoms with E-state index >= 15 is 0 Å². The van der Waals surface area contributed by atoms with Gasteiger partial charge in [0.15, 0.2) is 17.4 Å². The lowest BCUT2D eigenvalue weighted by Crippen LogP contribution is -2.25. The number of nitrogens with one attached hydrogen (secondary N) is 1. The van der Waals surface area contributed by atoms with Crippen LogP contribution in [-0.4, -0.2) is 21.2 Å². The Morgan fingerprint density at radius 3 is 2.39 bits per heavy atom. The average Bonchev–Trinajstić information content (AvgIpc) is 2.78. The monoisotopic (exact) mass is 447 g/mol. The van der Waals surface area contributed by atoms with Crippen LogP contribution >= 0.6 is 0 Å². The lowest BCUT2D eigenvalue weighted by molar-refractivity contribution is -0.116. The minimum atomic E-state index is -1.09. The summed E-state index contributed by atoms with van der Waals surface area (Å²) in [6.07, 6.45) is 1.31. The van der Waals surface area contributed by atoms with Gasteiger partial charge in [0.25, 0.3) is 0 Å². The molecule has 4 rings (SSSR count). The van der Waals surface area contributed by atoms with Gasteiger partial charge in [-0.3, -0.25) is 14.4 Å². The molecule has 8 heteroatoms. The molecule has 166 valence electrons. The number of rotatable bonds is 5. The molecule has 0 aliphatic heterocycles. The maximum atomic E-state index is 13.5. The number of anilines is 1. The molecule has 0 radical (unpaired) electrons. The van der Waals surface area contributed by atoms with E-state index in [0.717, 1.165) is 17.7 Å². The number of ketones is 1. The Morgan fingerprint density at radius 2 is 1.70 bits per heavy atom. The summed E-state index contributed by atoms with van der Waals surface area (Å²) in [6, 6.07) is 13.0. The summed E-state index contributed by atoms with van der Waals surface area (Å²) in [5.74, 6) is -3.16. The molecule has 0 fully saturated rings. The fourth-order valence-corrected chi connectivity index (χ4v) is 3.43. The van der Waals surface area contributed by atoms with Gasteiger partial charge in [0.1, 0.15) is 12.2 Å².